The van der Waals surface area contributed by atoms with Crippen molar-refractivity contribution < 1.29 is 4.79 Å². The lowest BCUT2D eigenvalue weighted by atomic mass is 9.93. The largest absolute Gasteiger partial charge is 0.372 e. The molecule has 2 aromatic rings. The Bertz CT molecular complexity index is 704. The van der Waals surface area contributed by atoms with Gasteiger partial charge in [0.25, 0.3) is 5.91 Å². The molecule has 1 atom stereocenters. The molecule has 1 saturated heterocycles. The maximum atomic E-state index is 12.7. The lowest BCUT2D eigenvalue weighted by Gasteiger charge is -2.33. The second kappa shape index (κ2) is 7.62. The molecule has 2 heterocycles. The monoisotopic (exact) mass is 344 g/mol. The summed E-state index contributed by atoms with van der Waals surface area (Å²) in [5.74, 6) is 1.18. The summed E-state index contributed by atoms with van der Waals surface area (Å²) in [5, 5.41) is 11.8. The number of piperidine rings is 1. The number of carbonyl (C=O) groups excluding carboxylic acids is 1. The van der Waals surface area contributed by atoms with Crippen molar-refractivity contribution in [3.8, 4) is 0 Å². The average Bonchev–Trinajstić information content (AvgIpc) is 2.62. The molecule has 126 valence electrons. The summed E-state index contributed by atoms with van der Waals surface area (Å²) in [7, 11) is 1.82. The Balaban J connectivity index is 1.65. The fraction of sp³-hybridized carbons (Fsp3) is 0.389. The highest BCUT2D eigenvalue weighted by atomic mass is 35.5. The van der Waals surface area contributed by atoms with Crippen molar-refractivity contribution in [1.82, 2.24) is 15.1 Å². The maximum absolute atomic E-state index is 12.7. The van der Waals surface area contributed by atoms with Gasteiger partial charge in [0.1, 0.15) is 5.82 Å². The third-order valence-electron chi connectivity index (χ3n) is 4.38. The third-order valence-corrected chi connectivity index (χ3v) is 4.71. The zero-order valence-corrected chi connectivity index (χ0v) is 14.5. The predicted octanol–water partition coefficient (Wildman–Crippen LogP) is 3.27. The van der Waals surface area contributed by atoms with Crippen LogP contribution in [0.2, 0.25) is 5.02 Å². The molecule has 3 rings (SSSR count). The fourth-order valence-corrected chi connectivity index (χ4v) is 3.34. The van der Waals surface area contributed by atoms with Crippen molar-refractivity contribution in [3.63, 3.8) is 0 Å². The molecule has 1 aromatic carbocycles. The molecule has 1 aliphatic rings. The minimum Gasteiger partial charge on any atom is -0.372 e. The molecule has 1 aromatic heterocycles. The Morgan fingerprint density at radius 3 is 2.83 bits per heavy atom. The number of nitrogens with zero attached hydrogens (tertiary/aromatic N) is 3. The van der Waals surface area contributed by atoms with E-state index in [-0.39, 0.29) is 5.91 Å². The van der Waals surface area contributed by atoms with E-state index in [0.717, 1.165) is 43.9 Å². The molecule has 1 amide bonds. The van der Waals surface area contributed by atoms with Gasteiger partial charge >= 0.3 is 0 Å². The summed E-state index contributed by atoms with van der Waals surface area (Å²) in [6.45, 7) is 1.52. The predicted molar refractivity (Wildman–Crippen MR) is 95.4 cm³/mol. The van der Waals surface area contributed by atoms with Crippen LogP contribution in [0.4, 0.5) is 5.82 Å². The van der Waals surface area contributed by atoms with Gasteiger partial charge in [-0.05, 0) is 49.4 Å². The molecule has 0 spiro atoms. The summed E-state index contributed by atoms with van der Waals surface area (Å²) in [4.78, 5) is 14.6. The molecule has 0 aliphatic carbocycles. The highest BCUT2D eigenvalue weighted by Crippen LogP contribution is 2.24. The first-order valence-corrected chi connectivity index (χ1v) is 8.59. The number of nitrogens with one attached hydrogen (secondary N) is 1. The molecule has 24 heavy (non-hydrogen) atoms. The summed E-state index contributed by atoms with van der Waals surface area (Å²) < 4.78 is 0. The molecule has 0 radical (unpaired) electrons. The highest BCUT2D eigenvalue weighted by Gasteiger charge is 2.26. The van der Waals surface area contributed by atoms with Crippen molar-refractivity contribution in [1.29, 1.82) is 0 Å². The molecule has 1 aliphatic heterocycles. The van der Waals surface area contributed by atoms with Gasteiger partial charge in [-0.25, -0.2) is 0 Å². The Hall–Kier alpha value is -2.14. The molecular weight excluding hydrogens is 324 g/mol. The number of hydrogen-bond acceptors (Lipinski definition) is 4. The van der Waals surface area contributed by atoms with Crippen LogP contribution < -0.4 is 5.32 Å². The van der Waals surface area contributed by atoms with E-state index in [0.29, 0.717) is 16.5 Å². The van der Waals surface area contributed by atoms with Crippen molar-refractivity contribution in [3.05, 3.63) is 52.7 Å². The van der Waals surface area contributed by atoms with E-state index in [4.69, 9.17) is 11.6 Å². The first kappa shape index (κ1) is 16.7. The van der Waals surface area contributed by atoms with Gasteiger partial charge in [0.15, 0.2) is 0 Å². The Morgan fingerprint density at radius 2 is 2.12 bits per heavy atom. The highest BCUT2D eigenvalue weighted by molar-refractivity contribution is 6.33. The van der Waals surface area contributed by atoms with E-state index in [1.807, 2.05) is 36.2 Å². The Kier molecular flexibility index (Phi) is 5.30. The van der Waals surface area contributed by atoms with Crippen LogP contribution in [0.3, 0.4) is 0 Å². The fourth-order valence-electron chi connectivity index (χ4n) is 3.12. The van der Waals surface area contributed by atoms with Crippen molar-refractivity contribution >= 4 is 23.3 Å². The quantitative estimate of drug-likeness (QED) is 0.924. The molecule has 0 bridgehead atoms. The molecule has 1 N–H and O–H groups in total. The minimum absolute atomic E-state index is 0.0157. The van der Waals surface area contributed by atoms with Crippen LogP contribution in [0, 0.1) is 5.92 Å². The van der Waals surface area contributed by atoms with E-state index >= 15 is 0 Å². The second-order valence-corrected chi connectivity index (χ2v) is 6.51. The average molecular weight is 345 g/mol. The van der Waals surface area contributed by atoms with E-state index in [2.05, 4.69) is 15.5 Å². The van der Waals surface area contributed by atoms with E-state index in [1.54, 1.807) is 12.1 Å². The molecule has 1 fully saturated rings. The molecule has 6 heteroatoms. The summed E-state index contributed by atoms with van der Waals surface area (Å²) >= 11 is 6.16. The third kappa shape index (κ3) is 3.85. The lowest BCUT2D eigenvalue weighted by molar-refractivity contribution is 0.0673. The Morgan fingerprint density at radius 1 is 1.29 bits per heavy atom. The zero-order valence-electron chi connectivity index (χ0n) is 13.7. The van der Waals surface area contributed by atoms with Gasteiger partial charge < -0.3 is 10.2 Å². The molecule has 0 unspecified atom stereocenters. The second-order valence-electron chi connectivity index (χ2n) is 6.10. The van der Waals surface area contributed by atoms with Gasteiger partial charge in [0.2, 0.25) is 0 Å². The smallest absolute Gasteiger partial charge is 0.255 e. The number of rotatable bonds is 4. The van der Waals surface area contributed by atoms with Gasteiger partial charge in [-0.1, -0.05) is 23.7 Å². The number of hydrogen-bond donors (Lipinski definition) is 1. The molecule has 0 saturated carbocycles. The van der Waals surface area contributed by atoms with Gasteiger partial charge in [0.05, 0.1) is 16.3 Å². The van der Waals surface area contributed by atoms with Crippen LogP contribution in [0.1, 0.15) is 28.9 Å². The number of anilines is 1. The van der Waals surface area contributed by atoms with Crippen LogP contribution >= 0.6 is 11.6 Å². The number of carbonyl (C=O) groups is 1. The minimum atomic E-state index is 0.0157. The van der Waals surface area contributed by atoms with Gasteiger partial charge in [-0.15, -0.1) is 5.10 Å². The van der Waals surface area contributed by atoms with Crippen LogP contribution in [-0.2, 0) is 6.42 Å². The lowest BCUT2D eigenvalue weighted by Crippen LogP contribution is -2.40. The summed E-state index contributed by atoms with van der Waals surface area (Å²) in [6, 6.07) is 11.2. The van der Waals surface area contributed by atoms with E-state index in [9.17, 15) is 4.79 Å². The number of halogens is 1. The van der Waals surface area contributed by atoms with Crippen LogP contribution in [0.25, 0.3) is 0 Å². The van der Waals surface area contributed by atoms with Gasteiger partial charge in [-0.3, -0.25) is 4.79 Å². The van der Waals surface area contributed by atoms with Crippen LogP contribution in [0.5, 0.6) is 0 Å². The van der Waals surface area contributed by atoms with Crippen molar-refractivity contribution in [2.45, 2.75) is 19.3 Å². The van der Waals surface area contributed by atoms with Gasteiger partial charge in [-0.2, -0.15) is 5.10 Å². The normalized spacial score (nSPS) is 17.6. The van der Waals surface area contributed by atoms with Crippen LogP contribution in [0.15, 0.2) is 36.4 Å². The number of amides is 1. The SMILES string of the molecule is CNc1ccc(C[C@@H]2CCCN(C(=O)c3ccccc3Cl)C2)nn1. The topological polar surface area (TPSA) is 58.1 Å². The van der Waals surface area contributed by atoms with Crippen molar-refractivity contribution in [2.24, 2.45) is 5.92 Å². The van der Waals surface area contributed by atoms with Gasteiger partial charge in [0, 0.05) is 20.1 Å². The van der Waals surface area contributed by atoms with E-state index < -0.39 is 0 Å². The first-order chi connectivity index (χ1) is 11.7. The summed E-state index contributed by atoms with van der Waals surface area (Å²) in [6.07, 6.45) is 2.94. The molecule has 5 nitrogen and oxygen atoms in total. The molecular formula is C18H21ClN4O. The number of likely N-dealkylation sites (tertiary alicyclic amines) is 1. The maximum Gasteiger partial charge on any atom is 0.255 e. The number of aromatic nitrogens is 2. The first-order valence-electron chi connectivity index (χ1n) is 8.21. The number of benzene rings is 1. The van der Waals surface area contributed by atoms with Crippen LogP contribution in [-0.4, -0.2) is 41.1 Å². The summed E-state index contributed by atoms with van der Waals surface area (Å²) in [5.41, 5.74) is 1.55. The Labute approximate surface area is 147 Å². The zero-order chi connectivity index (χ0) is 16.9. The van der Waals surface area contributed by atoms with Crippen molar-refractivity contribution in [2.75, 3.05) is 25.5 Å². The standard InChI is InChI=1S/C18H21ClN4O/c1-20-17-9-8-14(21-22-17)11-13-5-4-10-23(12-13)18(24)15-6-2-3-7-16(15)19/h2-3,6-9,13H,4-5,10-12H2,1H3,(H,20,22)/t13-/m0/s1. The van der Waals surface area contributed by atoms with E-state index in [1.165, 1.54) is 0 Å².